The van der Waals surface area contributed by atoms with E-state index in [2.05, 4.69) is 0 Å². The Hall–Kier alpha value is -3.41. The number of nitrogens with zero attached hydrogens (tertiary/aromatic N) is 2. The van der Waals surface area contributed by atoms with E-state index in [1.807, 2.05) is 60.7 Å². The Morgan fingerprint density at radius 3 is 2.23 bits per heavy atom. The molecule has 4 rings (SSSR count). The van der Waals surface area contributed by atoms with Gasteiger partial charge in [0.1, 0.15) is 6.04 Å². The smallest absolute Gasteiger partial charge is 0.246 e. The average molecular weight is 418 g/mol. The van der Waals surface area contributed by atoms with Crippen LogP contribution in [0.5, 0.6) is 0 Å². The fourth-order valence-corrected chi connectivity index (χ4v) is 4.43. The summed E-state index contributed by atoms with van der Waals surface area (Å²) in [5.74, 6) is -0.752. The van der Waals surface area contributed by atoms with Crippen molar-refractivity contribution < 1.29 is 14.4 Å². The molecule has 6 heteroatoms. The molecule has 0 radical (unpaired) electrons. The summed E-state index contributed by atoms with van der Waals surface area (Å²) >= 11 is 0. The zero-order chi connectivity index (χ0) is 21.8. The third kappa shape index (κ3) is 4.68. The molecule has 1 atom stereocenters. The summed E-state index contributed by atoms with van der Waals surface area (Å²) < 4.78 is 0. The zero-order valence-corrected chi connectivity index (χ0v) is 17.4. The number of likely N-dealkylation sites (tertiary alicyclic amines) is 1. The molecule has 3 amide bonds. The van der Waals surface area contributed by atoms with Gasteiger partial charge in [-0.1, -0.05) is 54.6 Å². The maximum atomic E-state index is 13.3. The van der Waals surface area contributed by atoms with Crippen LogP contribution in [0.1, 0.15) is 29.5 Å². The third-order valence-corrected chi connectivity index (χ3v) is 6.23. The Morgan fingerprint density at radius 2 is 1.55 bits per heavy atom. The molecular formula is C25H27N3O3. The number of fused-ring (bicyclic) bond motifs is 1. The average Bonchev–Trinajstić information content (AvgIpc) is 2.82. The highest BCUT2D eigenvalue weighted by Crippen LogP contribution is 2.28. The Kier molecular flexibility index (Phi) is 6.16. The molecule has 2 aliphatic heterocycles. The minimum Gasteiger partial charge on any atom is -0.368 e. The van der Waals surface area contributed by atoms with Crippen LogP contribution in [0.25, 0.3) is 6.08 Å². The van der Waals surface area contributed by atoms with Gasteiger partial charge in [0.05, 0.1) is 0 Å². The van der Waals surface area contributed by atoms with E-state index in [1.54, 1.807) is 15.9 Å². The number of carbonyl (C=O) groups excluding carboxylic acids is 3. The first kappa shape index (κ1) is 20.8. The van der Waals surface area contributed by atoms with Crippen molar-refractivity contribution in [2.24, 2.45) is 11.7 Å². The van der Waals surface area contributed by atoms with Crippen LogP contribution >= 0.6 is 0 Å². The predicted octanol–water partition coefficient (Wildman–Crippen LogP) is 2.38. The molecule has 0 unspecified atom stereocenters. The van der Waals surface area contributed by atoms with E-state index in [-0.39, 0.29) is 17.7 Å². The van der Waals surface area contributed by atoms with E-state index in [0.29, 0.717) is 38.9 Å². The fraction of sp³-hybridized carbons (Fsp3) is 0.320. The Labute approximate surface area is 182 Å². The number of primary amides is 1. The number of rotatable bonds is 4. The van der Waals surface area contributed by atoms with E-state index in [0.717, 1.165) is 16.7 Å². The largest absolute Gasteiger partial charge is 0.368 e. The SMILES string of the molecule is NC(=O)[C@@H]1Cc2ccccc2CN1C(=O)C1CCN(C(=O)/C=C/c2ccccc2)CC1. The van der Waals surface area contributed by atoms with Gasteiger partial charge in [0.25, 0.3) is 0 Å². The lowest BCUT2D eigenvalue weighted by Gasteiger charge is -2.39. The van der Waals surface area contributed by atoms with Crippen LogP contribution in [0.3, 0.4) is 0 Å². The molecule has 1 fully saturated rings. The van der Waals surface area contributed by atoms with E-state index in [1.165, 1.54) is 0 Å². The van der Waals surface area contributed by atoms with Crippen LogP contribution in [0.15, 0.2) is 60.7 Å². The maximum absolute atomic E-state index is 13.3. The summed E-state index contributed by atoms with van der Waals surface area (Å²) in [5, 5.41) is 0. The van der Waals surface area contributed by atoms with Gasteiger partial charge in [-0.3, -0.25) is 14.4 Å². The van der Waals surface area contributed by atoms with Gasteiger partial charge < -0.3 is 15.5 Å². The van der Waals surface area contributed by atoms with Crippen LogP contribution in [0.2, 0.25) is 0 Å². The summed E-state index contributed by atoms with van der Waals surface area (Å²) in [5.41, 5.74) is 8.74. The number of benzene rings is 2. The lowest BCUT2D eigenvalue weighted by Crippen LogP contribution is -2.54. The lowest BCUT2D eigenvalue weighted by molar-refractivity contribution is -0.146. The number of piperidine rings is 1. The van der Waals surface area contributed by atoms with Crippen LogP contribution in [0, 0.1) is 5.92 Å². The van der Waals surface area contributed by atoms with Gasteiger partial charge in [-0.05, 0) is 35.6 Å². The minimum atomic E-state index is -0.615. The Morgan fingerprint density at radius 1 is 0.903 bits per heavy atom. The summed E-state index contributed by atoms with van der Waals surface area (Å²) in [6, 6.07) is 16.9. The molecule has 0 bridgehead atoms. The van der Waals surface area contributed by atoms with Gasteiger partial charge >= 0.3 is 0 Å². The van der Waals surface area contributed by atoms with Crippen molar-refractivity contribution in [2.45, 2.75) is 31.8 Å². The van der Waals surface area contributed by atoms with E-state index in [9.17, 15) is 14.4 Å². The molecule has 2 aliphatic rings. The molecule has 0 saturated carbocycles. The second kappa shape index (κ2) is 9.16. The molecule has 2 aromatic rings. The summed E-state index contributed by atoms with van der Waals surface area (Å²) in [4.78, 5) is 41.3. The van der Waals surface area contributed by atoms with E-state index >= 15 is 0 Å². The van der Waals surface area contributed by atoms with Crippen molar-refractivity contribution >= 4 is 23.8 Å². The van der Waals surface area contributed by atoms with Crippen molar-refractivity contribution in [2.75, 3.05) is 13.1 Å². The molecular weight excluding hydrogens is 390 g/mol. The number of hydrogen-bond donors (Lipinski definition) is 1. The van der Waals surface area contributed by atoms with Crippen molar-refractivity contribution in [1.82, 2.24) is 9.80 Å². The van der Waals surface area contributed by atoms with Crippen LogP contribution in [-0.4, -0.2) is 46.7 Å². The van der Waals surface area contributed by atoms with Gasteiger partial charge in [-0.25, -0.2) is 0 Å². The first-order chi connectivity index (χ1) is 15.0. The molecule has 0 aliphatic carbocycles. The van der Waals surface area contributed by atoms with Gasteiger partial charge in [0.2, 0.25) is 17.7 Å². The molecule has 2 aromatic carbocycles. The molecule has 31 heavy (non-hydrogen) atoms. The van der Waals surface area contributed by atoms with E-state index in [4.69, 9.17) is 5.73 Å². The number of amides is 3. The normalized spacial score (nSPS) is 19.3. The molecule has 2 N–H and O–H groups in total. The monoisotopic (exact) mass is 417 g/mol. The number of nitrogens with two attached hydrogens (primary N) is 1. The van der Waals surface area contributed by atoms with Crippen LogP contribution in [-0.2, 0) is 27.3 Å². The first-order valence-electron chi connectivity index (χ1n) is 10.7. The topological polar surface area (TPSA) is 83.7 Å². The fourth-order valence-electron chi connectivity index (χ4n) is 4.43. The quantitative estimate of drug-likeness (QED) is 0.776. The summed E-state index contributed by atoms with van der Waals surface area (Å²) in [6.45, 7) is 1.46. The third-order valence-electron chi connectivity index (χ3n) is 6.23. The van der Waals surface area contributed by atoms with E-state index < -0.39 is 11.9 Å². The number of hydrogen-bond acceptors (Lipinski definition) is 3. The number of carbonyl (C=O) groups is 3. The lowest BCUT2D eigenvalue weighted by atomic mass is 9.89. The summed E-state index contributed by atoms with van der Waals surface area (Å²) in [6.07, 6.45) is 5.03. The molecule has 6 nitrogen and oxygen atoms in total. The van der Waals surface area contributed by atoms with Crippen LogP contribution < -0.4 is 5.73 Å². The Bertz CT molecular complexity index is 994. The highest BCUT2D eigenvalue weighted by molar-refractivity contribution is 5.92. The van der Waals surface area contributed by atoms with Gasteiger partial charge in [0, 0.05) is 38.0 Å². The predicted molar refractivity (Wildman–Crippen MR) is 118 cm³/mol. The van der Waals surface area contributed by atoms with Gasteiger partial charge in [-0.2, -0.15) is 0 Å². The van der Waals surface area contributed by atoms with Crippen molar-refractivity contribution in [3.63, 3.8) is 0 Å². The molecule has 160 valence electrons. The van der Waals surface area contributed by atoms with Crippen molar-refractivity contribution in [3.05, 3.63) is 77.4 Å². The summed E-state index contributed by atoms with van der Waals surface area (Å²) in [7, 11) is 0. The van der Waals surface area contributed by atoms with Gasteiger partial charge in [-0.15, -0.1) is 0 Å². The van der Waals surface area contributed by atoms with Gasteiger partial charge in [0.15, 0.2) is 0 Å². The first-order valence-corrected chi connectivity index (χ1v) is 10.7. The Balaban J connectivity index is 1.38. The zero-order valence-electron chi connectivity index (χ0n) is 17.4. The molecule has 0 spiro atoms. The van der Waals surface area contributed by atoms with Crippen molar-refractivity contribution in [1.29, 1.82) is 0 Å². The maximum Gasteiger partial charge on any atom is 0.246 e. The second-order valence-electron chi connectivity index (χ2n) is 8.20. The molecule has 1 saturated heterocycles. The van der Waals surface area contributed by atoms with Crippen molar-refractivity contribution in [3.8, 4) is 0 Å². The van der Waals surface area contributed by atoms with Crippen LogP contribution in [0.4, 0.5) is 0 Å². The molecule has 2 heterocycles. The second-order valence-corrected chi connectivity index (χ2v) is 8.20. The minimum absolute atomic E-state index is 0.0368. The highest BCUT2D eigenvalue weighted by atomic mass is 16.2. The highest BCUT2D eigenvalue weighted by Gasteiger charge is 2.37. The standard InChI is InChI=1S/C25H27N3O3/c26-24(30)22-16-20-8-4-5-9-21(20)17-28(22)25(31)19-12-14-27(15-13-19)23(29)11-10-18-6-2-1-3-7-18/h1-11,19,22H,12-17H2,(H2,26,30)/b11-10+/t22-/m0/s1. The molecule has 0 aromatic heterocycles.